The highest BCUT2D eigenvalue weighted by molar-refractivity contribution is 5.94. The van der Waals surface area contributed by atoms with Crippen LogP contribution in [0.5, 0.6) is 0 Å². The fraction of sp³-hybridized carbons (Fsp3) is 0.579. The quantitative estimate of drug-likeness (QED) is 0.847. The molecule has 1 aliphatic carbocycles. The van der Waals surface area contributed by atoms with Crippen LogP contribution in [0.1, 0.15) is 56.5 Å². The number of aliphatic hydroxyl groups excluding tert-OH is 1. The zero-order chi connectivity index (χ0) is 17.3. The second-order valence-corrected chi connectivity index (χ2v) is 7.63. The maximum absolute atomic E-state index is 12.3. The van der Waals surface area contributed by atoms with Crippen molar-refractivity contribution in [3.05, 3.63) is 35.4 Å². The van der Waals surface area contributed by atoms with Crippen LogP contribution < -0.4 is 5.32 Å². The van der Waals surface area contributed by atoms with Crippen LogP contribution in [0.4, 0.5) is 0 Å². The standard InChI is InChI=1S/C19H26N2O2/c1-13(2)16(22)18(3,4)12-21-17(23)14-5-7-15(8-6-14)19(11-20)9-10-19/h5-8,13,16,22H,9-10,12H2,1-4H3,(H,21,23). The van der Waals surface area contributed by atoms with Crippen molar-refractivity contribution >= 4 is 5.91 Å². The van der Waals surface area contributed by atoms with E-state index in [9.17, 15) is 15.2 Å². The Morgan fingerprint density at radius 2 is 1.91 bits per heavy atom. The first-order valence-electron chi connectivity index (χ1n) is 8.20. The summed E-state index contributed by atoms with van der Waals surface area (Å²) in [5, 5.41) is 22.3. The Kier molecular flexibility index (Phi) is 4.81. The number of nitriles is 1. The van der Waals surface area contributed by atoms with Gasteiger partial charge in [0.15, 0.2) is 0 Å². The van der Waals surface area contributed by atoms with Gasteiger partial charge in [0.25, 0.3) is 5.91 Å². The number of aliphatic hydroxyl groups is 1. The van der Waals surface area contributed by atoms with Gasteiger partial charge in [-0.05, 0) is 36.5 Å². The molecule has 0 aliphatic heterocycles. The predicted octanol–water partition coefficient (Wildman–Crippen LogP) is 3.01. The summed E-state index contributed by atoms with van der Waals surface area (Å²) in [5.41, 5.74) is 0.866. The number of carbonyl (C=O) groups excluding carboxylic acids is 1. The van der Waals surface area contributed by atoms with E-state index < -0.39 is 6.10 Å². The van der Waals surface area contributed by atoms with E-state index in [-0.39, 0.29) is 22.7 Å². The number of benzene rings is 1. The Bertz CT molecular complexity index is 607. The van der Waals surface area contributed by atoms with Gasteiger partial charge in [0.2, 0.25) is 0 Å². The Hall–Kier alpha value is -1.86. The molecule has 1 atom stereocenters. The molecule has 1 unspecified atom stereocenters. The van der Waals surface area contributed by atoms with E-state index in [1.54, 1.807) is 12.1 Å². The summed E-state index contributed by atoms with van der Waals surface area (Å²) in [5.74, 6) is -0.00992. The summed E-state index contributed by atoms with van der Waals surface area (Å²) < 4.78 is 0. The smallest absolute Gasteiger partial charge is 0.251 e. The third-order valence-corrected chi connectivity index (χ3v) is 4.80. The van der Waals surface area contributed by atoms with Gasteiger partial charge in [-0.1, -0.05) is 39.8 Å². The lowest BCUT2D eigenvalue weighted by molar-refractivity contribution is 0.0138. The molecule has 124 valence electrons. The van der Waals surface area contributed by atoms with Crippen molar-refractivity contribution in [3.8, 4) is 6.07 Å². The Balaban J connectivity index is 1.98. The van der Waals surface area contributed by atoms with Crippen LogP contribution in [0, 0.1) is 22.7 Å². The van der Waals surface area contributed by atoms with Crippen molar-refractivity contribution in [1.29, 1.82) is 5.26 Å². The van der Waals surface area contributed by atoms with Crippen LogP contribution >= 0.6 is 0 Å². The maximum atomic E-state index is 12.3. The zero-order valence-electron chi connectivity index (χ0n) is 14.4. The highest BCUT2D eigenvalue weighted by atomic mass is 16.3. The van der Waals surface area contributed by atoms with Gasteiger partial charge in [0.1, 0.15) is 0 Å². The molecule has 23 heavy (non-hydrogen) atoms. The first-order valence-corrected chi connectivity index (χ1v) is 8.20. The summed E-state index contributed by atoms with van der Waals surface area (Å²) in [6.45, 7) is 8.25. The van der Waals surface area contributed by atoms with Crippen molar-refractivity contribution in [1.82, 2.24) is 5.32 Å². The van der Waals surface area contributed by atoms with E-state index in [0.29, 0.717) is 12.1 Å². The van der Waals surface area contributed by atoms with Crippen LogP contribution in [-0.2, 0) is 5.41 Å². The number of rotatable bonds is 6. The van der Waals surface area contributed by atoms with E-state index >= 15 is 0 Å². The summed E-state index contributed by atoms with van der Waals surface area (Å²) in [6, 6.07) is 9.65. The molecule has 1 fully saturated rings. The molecule has 1 aromatic carbocycles. The molecule has 4 heteroatoms. The number of hydrogen-bond acceptors (Lipinski definition) is 3. The Morgan fingerprint density at radius 1 is 1.35 bits per heavy atom. The number of hydrogen-bond donors (Lipinski definition) is 2. The average Bonchev–Trinajstić information content (AvgIpc) is 3.33. The van der Waals surface area contributed by atoms with E-state index in [4.69, 9.17) is 0 Å². The van der Waals surface area contributed by atoms with Gasteiger partial charge in [0, 0.05) is 17.5 Å². The molecule has 0 saturated heterocycles. The van der Waals surface area contributed by atoms with Crippen LogP contribution in [0.15, 0.2) is 24.3 Å². The summed E-state index contributed by atoms with van der Waals surface area (Å²) in [6.07, 6.45) is 1.32. The van der Waals surface area contributed by atoms with Crippen molar-refractivity contribution in [2.45, 2.75) is 52.1 Å². The monoisotopic (exact) mass is 314 g/mol. The molecule has 2 N–H and O–H groups in total. The molecule has 0 bridgehead atoms. The van der Waals surface area contributed by atoms with E-state index in [1.807, 2.05) is 39.8 Å². The maximum Gasteiger partial charge on any atom is 0.251 e. The fourth-order valence-electron chi connectivity index (χ4n) is 2.95. The minimum absolute atomic E-state index is 0.141. The van der Waals surface area contributed by atoms with Crippen molar-refractivity contribution in [2.24, 2.45) is 11.3 Å². The van der Waals surface area contributed by atoms with Crippen LogP contribution in [-0.4, -0.2) is 23.7 Å². The van der Waals surface area contributed by atoms with Crippen molar-refractivity contribution in [2.75, 3.05) is 6.54 Å². The third-order valence-electron chi connectivity index (χ3n) is 4.80. The minimum Gasteiger partial charge on any atom is -0.392 e. The molecule has 1 aliphatic rings. The van der Waals surface area contributed by atoms with Crippen molar-refractivity contribution in [3.63, 3.8) is 0 Å². The topological polar surface area (TPSA) is 73.1 Å². The number of nitrogens with zero attached hydrogens (tertiary/aromatic N) is 1. The highest BCUT2D eigenvalue weighted by Crippen LogP contribution is 2.47. The van der Waals surface area contributed by atoms with Crippen LogP contribution in [0.25, 0.3) is 0 Å². The molecule has 1 amide bonds. The summed E-state index contributed by atoms with van der Waals surface area (Å²) >= 11 is 0. The molecule has 0 aromatic heterocycles. The summed E-state index contributed by atoms with van der Waals surface area (Å²) in [7, 11) is 0. The molecule has 0 spiro atoms. The minimum atomic E-state index is -0.476. The molecular formula is C19H26N2O2. The lowest BCUT2D eigenvalue weighted by Crippen LogP contribution is -2.43. The molecule has 1 saturated carbocycles. The van der Waals surface area contributed by atoms with Crippen LogP contribution in [0.3, 0.4) is 0 Å². The first kappa shape index (κ1) is 17.5. The fourth-order valence-corrected chi connectivity index (χ4v) is 2.95. The summed E-state index contributed by atoms with van der Waals surface area (Å²) in [4.78, 5) is 12.3. The van der Waals surface area contributed by atoms with Gasteiger partial charge in [0.05, 0.1) is 17.6 Å². The van der Waals surface area contributed by atoms with E-state index in [0.717, 1.165) is 18.4 Å². The highest BCUT2D eigenvalue weighted by Gasteiger charge is 2.44. The Morgan fingerprint density at radius 3 is 2.35 bits per heavy atom. The third kappa shape index (κ3) is 3.73. The lowest BCUT2D eigenvalue weighted by Gasteiger charge is -2.33. The molecule has 1 aromatic rings. The van der Waals surface area contributed by atoms with Gasteiger partial charge in [-0.25, -0.2) is 0 Å². The molecular weight excluding hydrogens is 288 g/mol. The van der Waals surface area contributed by atoms with Crippen LogP contribution in [0.2, 0.25) is 0 Å². The molecule has 2 rings (SSSR count). The van der Waals surface area contributed by atoms with Gasteiger partial charge >= 0.3 is 0 Å². The van der Waals surface area contributed by atoms with Gasteiger partial charge in [-0.3, -0.25) is 4.79 Å². The number of carbonyl (C=O) groups is 1. The SMILES string of the molecule is CC(C)C(O)C(C)(C)CNC(=O)c1ccc(C2(C#N)CC2)cc1. The average molecular weight is 314 g/mol. The lowest BCUT2D eigenvalue weighted by atomic mass is 9.80. The normalized spacial score (nSPS) is 17.4. The Labute approximate surface area is 138 Å². The first-order chi connectivity index (χ1) is 10.7. The van der Waals surface area contributed by atoms with Crippen molar-refractivity contribution < 1.29 is 9.90 Å². The van der Waals surface area contributed by atoms with Gasteiger partial charge < -0.3 is 10.4 Å². The molecule has 0 radical (unpaired) electrons. The van der Waals surface area contributed by atoms with Gasteiger partial charge in [-0.2, -0.15) is 5.26 Å². The second-order valence-electron chi connectivity index (χ2n) is 7.63. The second kappa shape index (κ2) is 6.33. The van der Waals surface area contributed by atoms with E-state index in [1.165, 1.54) is 0 Å². The largest absolute Gasteiger partial charge is 0.392 e. The van der Waals surface area contributed by atoms with E-state index in [2.05, 4.69) is 11.4 Å². The number of amides is 1. The van der Waals surface area contributed by atoms with Gasteiger partial charge in [-0.15, -0.1) is 0 Å². The predicted molar refractivity (Wildman–Crippen MR) is 89.9 cm³/mol. The molecule has 4 nitrogen and oxygen atoms in total. The number of nitrogens with one attached hydrogen (secondary N) is 1. The zero-order valence-corrected chi connectivity index (χ0v) is 14.4. The molecule has 0 heterocycles.